The highest BCUT2D eigenvalue weighted by molar-refractivity contribution is 9.10. The second-order valence-corrected chi connectivity index (χ2v) is 7.33. The van der Waals surface area contributed by atoms with Gasteiger partial charge in [0.15, 0.2) is 0 Å². The molecular formula is C12H16BrF3N2O2S. The van der Waals surface area contributed by atoms with Gasteiger partial charge < -0.3 is 5.32 Å². The van der Waals surface area contributed by atoms with Gasteiger partial charge in [0.05, 0.1) is 4.90 Å². The van der Waals surface area contributed by atoms with Crippen molar-refractivity contribution in [3.63, 3.8) is 0 Å². The quantitative estimate of drug-likeness (QED) is 0.787. The van der Waals surface area contributed by atoms with Gasteiger partial charge in [-0.1, -0.05) is 19.9 Å². The molecule has 0 aromatic heterocycles. The molecule has 0 fully saturated rings. The second-order valence-electron chi connectivity index (χ2n) is 4.74. The molecule has 2 N–H and O–H groups in total. The van der Waals surface area contributed by atoms with Gasteiger partial charge in [0.25, 0.3) is 0 Å². The molecule has 120 valence electrons. The summed E-state index contributed by atoms with van der Waals surface area (Å²) in [4.78, 5) is -0.213. The average molecular weight is 389 g/mol. The highest BCUT2D eigenvalue weighted by Crippen LogP contribution is 2.24. The monoisotopic (exact) mass is 388 g/mol. The Morgan fingerprint density at radius 3 is 2.43 bits per heavy atom. The first-order chi connectivity index (χ1) is 9.51. The molecule has 1 aromatic carbocycles. The van der Waals surface area contributed by atoms with Gasteiger partial charge in [0.1, 0.15) is 6.54 Å². The van der Waals surface area contributed by atoms with Crippen molar-refractivity contribution in [2.45, 2.75) is 37.5 Å². The van der Waals surface area contributed by atoms with Gasteiger partial charge in [-0.3, -0.25) is 0 Å². The molecule has 0 amide bonds. The zero-order chi connectivity index (χ0) is 16.3. The number of rotatable bonds is 6. The number of sulfonamides is 1. The van der Waals surface area contributed by atoms with Gasteiger partial charge >= 0.3 is 6.18 Å². The Bertz CT molecular complexity index is 589. The first-order valence-electron chi connectivity index (χ1n) is 6.09. The molecule has 0 saturated carbocycles. The molecule has 0 aliphatic heterocycles. The maximum absolute atomic E-state index is 12.1. The molecule has 0 heterocycles. The highest BCUT2D eigenvalue weighted by atomic mass is 79.9. The molecule has 0 atom stereocenters. The summed E-state index contributed by atoms with van der Waals surface area (Å²) in [6.45, 7) is 2.69. The summed E-state index contributed by atoms with van der Waals surface area (Å²) >= 11 is 3.05. The molecule has 0 unspecified atom stereocenters. The third-order valence-corrected chi connectivity index (χ3v) is 4.86. The van der Waals surface area contributed by atoms with E-state index in [0.717, 1.165) is 0 Å². The molecule has 0 aliphatic rings. The first kappa shape index (κ1) is 18.4. The molecular weight excluding hydrogens is 373 g/mol. The summed E-state index contributed by atoms with van der Waals surface area (Å²) in [5.41, 5.74) is 0.666. The van der Waals surface area contributed by atoms with E-state index in [4.69, 9.17) is 0 Å². The topological polar surface area (TPSA) is 58.2 Å². The van der Waals surface area contributed by atoms with E-state index in [1.165, 1.54) is 12.1 Å². The van der Waals surface area contributed by atoms with Crippen molar-refractivity contribution in [3.8, 4) is 0 Å². The van der Waals surface area contributed by atoms with Crippen LogP contribution in [0, 0.1) is 0 Å². The number of hydrogen-bond donors (Lipinski definition) is 2. The zero-order valence-electron chi connectivity index (χ0n) is 11.5. The fourth-order valence-corrected chi connectivity index (χ4v) is 3.47. The lowest BCUT2D eigenvalue weighted by molar-refractivity contribution is -0.121. The van der Waals surface area contributed by atoms with Gasteiger partial charge in [0.2, 0.25) is 10.0 Å². The maximum atomic E-state index is 12.1. The van der Waals surface area contributed by atoms with Gasteiger partial charge in [-0.25, -0.2) is 13.1 Å². The van der Waals surface area contributed by atoms with Gasteiger partial charge in [-0.05, 0) is 33.6 Å². The van der Waals surface area contributed by atoms with E-state index in [2.05, 4.69) is 21.2 Å². The predicted octanol–water partition coefficient (Wildman–Crippen LogP) is 2.79. The van der Waals surface area contributed by atoms with Crippen LogP contribution in [-0.2, 0) is 16.6 Å². The third-order valence-electron chi connectivity index (χ3n) is 2.46. The fraction of sp³-hybridized carbons (Fsp3) is 0.500. The van der Waals surface area contributed by atoms with Crippen LogP contribution in [0.2, 0.25) is 0 Å². The number of halogens is 4. The summed E-state index contributed by atoms with van der Waals surface area (Å²) in [6, 6.07) is 4.75. The van der Waals surface area contributed by atoms with Gasteiger partial charge in [0, 0.05) is 17.1 Å². The van der Waals surface area contributed by atoms with Crippen LogP contribution in [0.25, 0.3) is 0 Å². The van der Waals surface area contributed by atoms with Gasteiger partial charge in [-0.15, -0.1) is 0 Å². The van der Waals surface area contributed by atoms with E-state index in [-0.39, 0.29) is 15.4 Å². The molecule has 0 saturated heterocycles. The number of nitrogens with one attached hydrogen (secondary N) is 2. The van der Waals surface area contributed by atoms with Crippen molar-refractivity contribution < 1.29 is 21.6 Å². The summed E-state index contributed by atoms with van der Waals surface area (Å²) < 4.78 is 62.0. The van der Waals surface area contributed by atoms with Crippen molar-refractivity contribution in [1.82, 2.24) is 10.0 Å². The van der Waals surface area contributed by atoms with Crippen LogP contribution in [0.15, 0.2) is 27.6 Å². The molecule has 0 spiro atoms. The van der Waals surface area contributed by atoms with Crippen LogP contribution in [0.4, 0.5) is 13.2 Å². The van der Waals surface area contributed by atoms with Crippen LogP contribution in [0.1, 0.15) is 19.4 Å². The molecule has 1 aromatic rings. The van der Waals surface area contributed by atoms with Crippen molar-refractivity contribution in [1.29, 1.82) is 0 Å². The van der Waals surface area contributed by atoms with Crippen LogP contribution in [-0.4, -0.2) is 27.2 Å². The minimum atomic E-state index is -4.60. The first-order valence-corrected chi connectivity index (χ1v) is 8.37. The van der Waals surface area contributed by atoms with Crippen molar-refractivity contribution in [3.05, 3.63) is 28.2 Å². The molecule has 21 heavy (non-hydrogen) atoms. The molecule has 0 bridgehead atoms. The predicted molar refractivity (Wildman–Crippen MR) is 77.4 cm³/mol. The third kappa shape index (κ3) is 6.33. The van der Waals surface area contributed by atoms with E-state index < -0.39 is 22.7 Å². The Hall–Kier alpha value is -0.640. The smallest absolute Gasteiger partial charge is 0.310 e. The van der Waals surface area contributed by atoms with E-state index in [0.29, 0.717) is 12.1 Å². The van der Waals surface area contributed by atoms with Crippen LogP contribution in [0.3, 0.4) is 0 Å². The molecule has 1 rings (SSSR count). The van der Waals surface area contributed by atoms with E-state index in [9.17, 15) is 21.6 Å². The summed E-state index contributed by atoms with van der Waals surface area (Å²) in [5, 5.41) is 3.11. The summed E-state index contributed by atoms with van der Waals surface area (Å²) in [6.07, 6.45) is -4.60. The van der Waals surface area contributed by atoms with E-state index in [1.807, 2.05) is 13.8 Å². The zero-order valence-corrected chi connectivity index (χ0v) is 13.9. The normalized spacial score (nSPS) is 12.9. The van der Waals surface area contributed by atoms with Crippen molar-refractivity contribution in [2.75, 3.05) is 6.54 Å². The van der Waals surface area contributed by atoms with Crippen LogP contribution >= 0.6 is 15.9 Å². The highest BCUT2D eigenvalue weighted by Gasteiger charge is 2.30. The minimum absolute atomic E-state index is 0.206. The number of hydrogen-bond acceptors (Lipinski definition) is 3. The fourth-order valence-electron chi connectivity index (χ4n) is 1.44. The van der Waals surface area contributed by atoms with Crippen LogP contribution < -0.4 is 10.0 Å². The van der Waals surface area contributed by atoms with E-state index in [1.54, 1.807) is 10.8 Å². The molecule has 0 aliphatic carbocycles. The van der Waals surface area contributed by atoms with E-state index >= 15 is 0 Å². The SMILES string of the molecule is CC(C)NCc1ccc(Br)c(S(=O)(=O)NCC(F)(F)F)c1. The molecule has 4 nitrogen and oxygen atoms in total. The van der Waals surface area contributed by atoms with Crippen molar-refractivity contribution >= 4 is 26.0 Å². The lowest BCUT2D eigenvalue weighted by Crippen LogP contribution is -2.34. The van der Waals surface area contributed by atoms with Crippen molar-refractivity contribution in [2.24, 2.45) is 0 Å². The Balaban J connectivity index is 2.97. The summed E-state index contributed by atoms with van der Waals surface area (Å²) in [5.74, 6) is 0. The number of alkyl halides is 3. The Kier molecular flexibility index (Phi) is 6.21. The molecule has 0 radical (unpaired) electrons. The largest absolute Gasteiger partial charge is 0.402 e. The lowest BCUT2D eigenvalue weighted by Gasteiger charge is -2.13. The second kappa shape index (κ2) is 7.08. The maximum Gasteiger partial charge on any atom is 0.402 e. The average Bonchev–Trinajstić information content (AvgIpc) is 2.34. The molecule has 9 heteroatoms. The van der Waals surface area contributed by atoms with Crippen LogP contribution in [0.5, 0.6) is 0 Å². The number of benzene rings is 1. The Labute approximate surface area is 130 Å². The Morgan fingerprint density at radius 2 is 1.90 bits per heavy atom. The summed E-state index contributed by atoms with van der Waals surface area (Å²) in [7, 11) is -4.23. The standard InChI is InChI=1S/C12H16BrF3N2O2S/c1-8(2)17-6-9-3-4-10(13)11(5-9)21(19,20)18-7-12(14,15)16/h3-5,8,17-18H,6-7H2,1-2H3. The lowest BCUT2D eigenvalue weighted by atomic mass is 10.2. The van der Waals surface area contributed by atoms with Gasteiger partial charge in [-0.2, -0.15) is 13.2 Å². The minimum Gasteiger partial charge on any atom is -0.310 e. The Morgan fingerprint density at radius 1 is 1.29 bits per heavy atom.